The lowest BCUT2D eigenvalue weighted by molar-refractivity contribution is -0.122. The highest BCUT2D eigenvalue weighted by Crippen LogP contribution is 2.45. The van der Waals surface area contributed by atoms with Crippen molar-refractivity contribution in [2.75, 3.05) is 13.1 Å². The number of benzene rings is 1. The topological polar surface area (TPSA) is 41.1 Å². The smallest absolute Gasteiger partial charge is 0.220 e. The fraction of sp³-hybridized carbons (Fsp3) is 0.562. The molecule has 1 atom stereocenters. The van der Waals surface area contributed by atoms with Crippen molar-refractivity contribution in [1.29, 1.82) is 0 Å². The summed E-state index contributed by atoms with van der Waals surface area (Å²) in [4.78, 5) is 12.1. The molecule has 0 aromatic heterocycles. The van der Waals surface area contributed by atoms with Crippen molar-refractivity contribution < 1.29 is 9.18 Å². The third kappa shape index (κ3) is 3.01. The van der Waals surface area contributed by atoms with E-state index in [1.54, 1.807) is 12.1 Å². The molecule has 2 fully saturated rings. The fourth-order valence-electron chi connectivity index (χ4n) is 3.01. The van der Waals surface area contributed by atoms with Crippen molar-refractivity contribution in [3.05, 3.63) is 35.6 Å². The van der Waals surface area contributed by atoms with Crippen LogP contribution in [-0.4, -0.2) is 19.0 Å². The molecule has 2 N–H and O–H groups in total. The molecule has 1 unspecified atom stereocenters. The van der Waals surface area contributed by atoms with Gasteiger partial charge >= 0.3 is 0 Å². The van der Waals surface area contributed by atoms with E-state index in [4.69, 9.17) is 0 Å². The SMILES string of the molecule is O=C(CCC1CCNC1)NC1(c2ccc(F)cc2)CC1. The molecule has 108 valence electrons. The molecule has 2 aliphatic rings. The van der Waals surface area contributed by atoms with Crippen LogP contribution in [0, 0.1) is 11.7 Å². The summed E-state index contributed by atoms with van der Waals surface area (Å²) in [5.74, 6) is 0.532. The predicted molar refractivity (Wildman–Crippen MR) is 75.7 cm³/mol. The molecule has 1 saturated heterocycles. The van der Waals surface area contributed by atoms with E-state index in [-0.39, 0.29) is 17.3 Å². The number of hydrogen-bond donors (Lipinski definition) is 2. The molecule has 20 heavy (non-hydrogen) atoms. The van der Waals surface area contributed by atoms with E-state index in [1.807, 2.05) is 0 Å². The van der Waals surface area contributed by atoms with Crippen molar-refractivity contribution in [3.63, 3.8) is 0 Å². The largest absolute Gasteiger partial charge is 0.347 e. The maximum absolute atomic E-state index is 13.0. The standard InChI is InChI=1S/C16H21FN2O/c17-14-4-2-13(3-5-14)16(8-9-16)19-15(20)6-1-12-7-10-18-11-12/h2-5,12,18H,1,6-11H2,(H,19,20). The first kappa shape index (κ1) is 13.6. The molecule has 0 bridgehead atoms. The summed E-state index contributed by atoms with van der Waals surface area (Å²) < 4.78 is 13.0. The maximum Gasteiger partial charge on any atom is 0.220 e. The minimum atomic E-state index is -0.232. The van der Waals surface area contributed by atoms with Crippen LogP contribution in [0.15, 0.2) is 24.3 Å². The minimum Gasteiger partial charge on any atom is -0.347 e. The maximum atomic E-state index is 13.0. The van der Waals surface area contributed by atoms with Crippen LogP contribution in [0.4, 0.5) is 4.39 Å². The summed E-state index contributed by atoms with van der Waals surface area (Å²) in [6.45, 7) is 2.11. The van der Waals surface area contributed by atoms with Crippen molar-refractivity contribution in [1.82, 2.24) is 10.6 Å². The van der Waals surface area contributed by atoms with Crippen LogP contribution < -0.4 is 10.6 Å². The van der Waals surface area contributed by atoms with Gasteiger partial charge in [0, 0.05) is 6.42 Å². The van der Waals surface area contributed by atoms with Gasteiger partial charge in [0.2, 0.25) is 5.91 Å². The fourth-order valence-corrected chi connectivity index (χ4v) is 3.01. The van der Waals surface area contributed by atoms with Gasteiger partial charge in [-0.15, -0.1) is 0 Å². The third-order valence-electron chi connectivity index (χ3n) is 4.47. The Bertz CT molecular complexity index is 476. The Morgan fingerprint density at radius 1 is 1.35 bits per heavy atom. The molecule has 0 radical (unpaired) electrons. The van der Waals surface area contributed by atoms with Crippen LogP contribution in [0.25, 0.3) is 0 Å². The second-order valence-electron chi connectivity index (χ2n) is 6.03. The van der Waals surface area contributed by atoms with Gasteiger partial charge in [-0.1, -0.05) is 12.1 Å². The molecule has 1 saturated carbocycles. The number of halogens is 1. The Morgan fingerprint density at radius 3 is 2.70 bits per heavy atom. The van der Waals surface area contributed by atoms with Crippen LogP contribution in [0.3, 0.4) is 0 Å². The second kappa shape index (κ2) is 5.52. The second-order valence-corrected chi connectivity index (χ2v) is 6.03. The Hall–Kier alpha value is -1.42. The van der Waals surface area contributed by atoms with Gasteiger partial charge in [-0.2, -0.15) is 0 Å². The highest BCUT2D eigenvalue weighted by molar-refractivity contribution is 5.77. The van der Waals surface area contributed by atoms with E-state index >= 15 is 0 Å². The summed E-state index contributed by atoms with van der Waals surface area (Å²) in [6.07, 6.45) is 4.63. The molecule has 1 aromatic carbocycles. The van der Waals surface area contributed by atoms with E-state index in [0.717, 1.165) is 37.9 Å². The number of rotatable bonds is 5. The Kier molecular flexibility index (Phi) is 3.74. The molecule has 0 spiro atoms. The first-order valence-electron chi connectivity index (χ1n) is 7.46. The van der Waals surface area contributed by atoms with Crippen LogP contribution in [0.5, 0.6) is 0 Å². The lowest BCUT2D eigenvalue weighted by atomic mass is 10.0. The zero-order valence-electron chi connectivity index (χ0n) is 11.6. The van der Waals surface area contributed by atoms with Gasteiger partial charge in [-0.25, -0.2) is 4.39 Å². The van der Waals surface area contributed by atoms with Crippen LogP contribution in [0.2, 0.25) is 0 Å². The van der Waals surface area contributed by atoms with E-state index in [9.17, 15) is 9.18 Å². The summed E-state index contributed by atoms with van der Waals surface area (Å²) in [5.41, 5.74) is 0.799. The first-order valence-corrected chi connectivity index (χ1v) is 7.46. The van der Waals surface area contributed by atoms with Gasteiger partial charge in [-0.05, 0) is 62.4 Å². The number of nitrogens with one attached hydrogen (secondary N) is 2. The van der Waals surface area contributed by atoms with Crippen molar-refractivity contribution in [2.24, 2.45) is 5.92 Å². The Morgan fingerprint density at radius 2 is 2.10 bits per heavy atom. The predicted octanol–water partition coefficient (Wildman–Crippen LogP) is 2.32. The summed E-state index contributed by atoms with van der Waals surface area (Å²) >= 11 is 0. The zero-order valence-corrected chi connectivity index (χ0v) is 11.6. The molecule has 1 heterocycles. The van der Waals surface area contributed by atoms with Gasteiger partial charge in [0.15, 0.2) is 0 Å². The van der Waals surface area contributed by atoms with Crippen LogP contribution >= 0.6 is 0 Å². The van der Waals surface area contributed by atoms with E-state index in [0.29, 0.717) is 12.3 Å². The molecule has 1 amide bonds. The Balaban J connectivity index is 1.53. The van der Waals surface area contributed by atoms with Crippen molar-refractivity contribution in [2.45, 2.75) is 37.6 Å². The molecule has 4 heteroatoms. The average molecular weight is 276 g/mol. The number of amides is 1. The molecule has 1 aromatic rings. The average Bonchev–Trinajstić information content (AvgIpc) is 3.03. The highest BCUT2D eigenvalue weighted by atomic mass is 19.1. The highest BCUT2D eigenvalue weighted by Gasteiger charge is 2.45. The summed E-state index contributed by atoms with van der Waals surface area (Å²) in [6, 6.07) is 6.49. The molecular formula is C16H21FN2O. The quantitative estimate of drug-likeness (QED) is 0.866. The monoisotopic (exact) mass is 276 g/mol. The lowest BCUT2D eigenvalue weighted by Crippen LogP contribution is -2.35. The molecule has 3 rings (SSSR count). The molecule has 1 aliphatic carbocycles. The van der Waals surface area contributed by atoms with E-state index < -0.39 is 0 Å². The summed E-state index contributed by atoms with van der Waals surface area (Å²) in [5, 5.41) is 6.47. The molecule has 1 aliphatic heterocycles. The van der Waals surface area contributed by atoms with Crippen LogP contribution in [0.1, 0.15) is 37.7 Å². The van der Waals surface area contributed by atoms with Gasteiger partial charge in [0.1, 0.15) is 5.82 Å². The Labute approximate surface area is 118 Å². The van der Waals surface area contributed by atoms with E-state index in [2.05, 4.69) is 10.6 Å². The molecule has 3 nitrogen and oxygen atoms in total. The molecular weight excluding hydrogens is 255 g/mol. The first-order chi connectivity index (χ1) is 9.68. The zero-order chi connectivity index (χ0) is 14.0. The van der Waals surface area contributed by atoms with Crippen LogP contribution in [-0.2, 0) is 10.3 Å². The normalized spacial score (nSPS) is 23.6. The number of hydrogen-bond acceptors (Lipinski definition) is 2. The van der Waals surface area contributed by atoms with Gasteiger partial charge < -0.3 is 10.6 Å². The van der Waals surface area contributed by atoms with E-state index in [1.165, 1.54) is 18.6 Å². The van der Waals surface area contributed by atoms with Gasteiger partial charge in [0.05, 0.1) is 5.54 Å². The van der Waals surface area contributed by atoms with Gasteiger partial charge in [0.25, 0.3) is 0 Å². The minimum absolute atomic E-state index is 0.124. The number of carbonyl (C=O) groups excluding carboxylic acids is 1. The third-order valence-corrected chi connectivity index (χ3v) is 4.47. The lowest BCUT2D eigenvalue weighted by Gasteiger charge is -2.18. The van der Waals surface area contributed by atoms with Crippen molar-refractivity contribution >= 4 is 5.91 Å². The van der Waals surface area contributed by atoms with Crippen molar-refractivity contribution in [3.8, 4) is 0 Å². The summed E-state index contributed by atoms with van der Waals surface area (Å²) in [7, 11) is 0. The number of carbonyl (C=O) groups is 1. The van der Waals surface area contributed by atoms with Gasteiger partial charge in [-0.3, -0.25) is 4.79 Å².